The quantitative estimate of drug-likeness (QED) is 0.598. The maximum atomic E-state index is 13.2. The summed E-state index contributed by atoms with van der Waals surface area (Å²) in [5.41, 5.74) is 2.42. The molecule has 4 rings (SSSR count). The zero-order valence-corrected chi connectivity index (χ0v) is 17.0. The molecule has 0 spiro atoms. The van der Waals surface area contributed by atoms with Gasteiger partial charge in [0.2, 0.25) is 5.91 Å². The summed E-state index contributed by atoms with van der Waals surface area (Å²) in [6.07, 6.45) is 3.68. The van der Waals surface area contributed by atoms with Gasteiger partial charge in [-0.1, -0.05) is 0 Å². The lowest BCUT2D eigenvalue weighted by atomic mass is 9.98. The second-order valence-corrected chi connectivity index (χ2v) is 7.96. The largest absolute Gasteiger partial charge is 0.466 e. The minimum Gasteiger partial charge on any atom is -0.466 e. The van der Waals surface area contributed by atoms with Crippen molar-refractivity contribution in [2.24, 2.45) is 5.92 Å². The lowest BCUT2D eigenvalue weighted by Crippen LogP contribution is -2.43. The molecular formula is C21H22FN3O3S. The molecule has 1 amide bonds. The smallest absolute Gasteiger partial charge is 0.310 e. The van der Waals surface area contributed by atoms with E-state index in [-0.39, 0.29) is 30.0 Å². The second-order valence-electron chi connectivity index (χ2n) is 7.12. The molecule has 1 aliphatic heterocycles. The van der Waals surface area contributed by atoms with Gasteiger partial charge in [-0.2, -0.15) is 0 Å². The van der Waals surface area contributed by atoms with Crippen LogP contribution in [0.2, 0.25) is 0 Å². The van der Waals surface area contributed by atoms with Crippen molar-refractivity contribution < 1.29 is 18.7 Å². The Morgan fingerprint density at radius 3 is 2.86 bits per heavy atom. The van der Waals surface area contributed by atoms with E-state index < -0.39 is 0 Å². The number of esters is 1. The fourth-order valence-corrected chi connectivity index (χ4v) is 4.51. The number of piperidine rings is 1. The molecule has 1 aliphatic rings. The minimum absolute atomic E-state index is 0.00395. The number of halogens is 1. The number of ether oxygens (including phenoxy) is 1. The number of thiazole rings is 1. The highest BCUT2D eigenvalue weighted by atomic mass is 32.1. The van der Waals surface area contributed by atoms with Crippen molar-refractivity contribution in [3.63, 3.8) is 0 Å². The van der Waals surface area contributed by atoms with E-state index in [4.69, 9.17) is 4.74 Å². The monoisotopic (exact) mass is 415 g/mol. The number of amides is 1. The van der Waals surface area contributed by atoms with Crippen LogP contribution in [-0.2, 0) is 20.7 Å². The molecule has 3 heterocycles. The number of nitrogens with zero attached hydrogens (tertiary/aromatic N) is 3. The van der Waals surface area contributed by atoms with Gasteiger partial charge >= 0.3 is 5.97 Å². The van der Waals surface area contributed by atoms with E-state index in [1.165, 1.54) is 23.5 Å². The van der Waals surface area contributed by atoms with Crippen molar-refractivity contribution in [3.8, 4) is 11.3 Å². The van der Waals surface area contributed by atoms with Crippen molar-refractivity contribution >= 4 is 28.2 Å². The summed E-state index contributed by atoms with van der Waals surface area (Å²) in [6.45, 7) is 3.21. The van der Waals surface area contributed by atoms with E-state index in [0.29, 0.717) is 19.7 Å². The third kappa shape index (κ3) is 4.17. The van der Waals surface area contributed by atoms with E-state index in [9.17, 15) is 14.0 Å². The molecule has 1 aromatic carbocycles. The van der Waals surface area contributed by atoms with Crippen molar-refractivity contribution in [3.05, 3.63) is 47.4 Å². The first-order valence-corrected chi connectivity index (χ1v) is 10.6. The van der Waals surface area contributed by atoms with Gasteiger partial charge in [0.05, 0.1) is 24.6 Å². The Labute approximate surface area is 171 Å². The molecule has 0 unspecified atom stereocenters. The Morgan fingerprint density at radius 2 is 2.10 bits per heavy atom. The van der Waals surface area contributed by atoms with Crippen LogP contribution >= 0.6 is 11.3 Å². The number of carbonyl (C=O) groups is 2. The molecular weight excluding hydrogens is 393 g/mol. The van der Waals surface area contributed by atoms with Crippen molar-refractivity contribution in [1.82, 2.24) is 14.3 Å². The average Bonchev–Trinajstić information content (AvgIpc) is 3.31. The van der Waals surface area contributed by atoms with Gasteiger partial charge in [-0.3, -0.25) is 14.0 Å². The molecule has 3 aromatic rings. The summed E-state index contributed by atoms with van der Waals surface area (Å²) in [5.74, 6) is -0.755. The highest BCUT2D eigenvalue weighted by Gasteiger charge is 2.29. The predicted molar refractivity (Wildman–Crippen MR) is 108 cm³/mol. The van der Waals surface area contributed by atoms with Crippen LogP contribution in [-0.4, -0.2) is 45.9 Å². The molecule has 0 radical (unpaired) electrons. The van der Waals surface area contributed by atoms with Crippen LogP contribution in [0, 0.1) is 11.7 Å². The molecule has 0 N–H and O–H groups in total. The number of fused-ring (bicyclic) bond motifs is 1. The Kier molecular flexibility index (Phi) is 5.62. The first-order chi connectivity index (χ1) is 14.0. The average molecular weight is 415 g/mol. The van der Waals surface area contributed by atoms with E-state index >= 15 is 0 Å². The molecule has 29 heavy (non-hydrogen) atoms. The van der Waals surface area contributed by atoms with Crippen LogP contribution in [0.1, 0.15) is 25.5 Å². The Hall–Kier alpha value is -2.74. The van der Waals surface area contributed by atoms with Crippen LogP contribution in [0.15, 0.2) is 35.8 Å². The van der Waals surface area contributed by atoms with Crippen LogP contribution in [0.3, 0.4) is 0 Å². The van der Waals surface area contributed by atoms with Gasteiger partial charge in [0.1, 0.15) is 5.82 Å². The highest BCUT2D eigenvalue weighted by molar-refractivity contribution is 7.15. The molecule has 1 atom stereocenters. The number of hydrogen-bond donors (Lipinski definition) is 0. The van der Waals surface area contributed by atoms with Gasteiger partial charge < -0.3 is 9.64 Å². The number of hydrogen-bond acceptors (Lipinski definition) is 5. The van der Waals surface area contributed by atoms with Crippen molar-refractivity contribution in [2.75, 3.05) is 19.7 Å². The maximum absolute atomic E-state index is 13.2. The summed E-state index contributed by atoms with van der Waals surface area (Å²) in [4.78, 5) is 32.0. The van der Waals surface area contributed by atoms with E-state index in [2.05, 4.69) is 4.98 Å². The molecule has 6 nitrogen and oxygen atoms in total. The standard InChI is InChI=1S/C21H22FN3O3S/c1-2-28-20(27)15-4-3-9-24(11-15)19(26)10-17-13-29-21-23-18(12-25(17)21)14-5-7-16(22)8-6-14/h5-8,12-13,15H,2-4,9-11H2,1H3/t15-/m1/s1. The lowest BCUT2D eigenvalue weighted by molar-refractivity contribution is -0.151. The fraction of sp³-hybridized carbons (Fsp3) is 0.381. The van der Waals surface area contributed by atoms with E-state index in [1.54, 1.807) is 24.0 Å². The number of imidazole rings is 1. The topological polar surface area (TPSA) is 63.9 Å². The SMILES string of the molecule is CCOC(=O)[C@@H]1CCCN(C(=O)Cc2csc3nc(-c4ccc(F)cc4)cn23)C1. The normalized spacial score (nSPS) is 16.9. The fourth-order valence-electron chi connectivity index (χ4n) is 3.64. The third-order valence-corrected chi connectivity index (χ3v) is 6.04. The number of carbonyl (C=O) groups excluding carboxylic acids is 2. The molecule has 0 bridgehead atoms. The Morgan fingerprint density at radius 1 is 1.31 bits per heavy atom. The van der Waals surface area contributed by atoms with Gasteiger partial charge in [0.15, 0.2) is 4.96 Å². The van der Waals surface area contributed by atoms with Crippen molar-refractivity contribution in [1.29, 1.82) is 0 Å². The molecule has 8 heteroatoms. The number of rotatable bonds is 5. The summed E-state index contributed by atoms with van der Waals surface area (Å²) in [6, 6.07) is 6.19. The first kappa shape index (κ1) is 19.6. The summed E-state index contributed by atoms with van der Waals surface area (Å²) >= 11 is 1.47. The summed E-state index contributed by atoms with van der Waals surface area (Å²) in [5, 5.41) is 1.93. The second kappa shape index (κ2) is 8.32. The Bertz CT molecular complexity index is 1030. The molecule has 2 aromatic heterocycles. The van der Waals surface area contributed by atoms with Crippen LogP contribution in [0.25, 0.3) is 16.2 Å². The molecule has 1 saturated heterocycles. The van der Waals surface area contributed by atoms with Gasteiger partial charge in [-0.25, -0.2) is 9.37 Å². The summed E-state index contributed by atoms with van der Waals surface area (Å²) < 4.78 is 20.2. The molecule has 0 saturated carbocycles. The van der Waals surface area contributed by atoms with Crippen LogP contribution in [0.5, 0.6) is 0 Å². The zero-order valence-electron chi connectivity index (χ0n) is 16.1. The molecule has 152 valence electrons. The number of aromatic nitrogens is 2. The third-order valence-electron chi connectivity index (χ3n) is 5.15. The van der Waals surface area contributed by atoms with E-state index in [0.717, 1.165) is 34.8 Å². The number of likely N-dealkylation sites (tertiary alicyclic amines) is 1. The minimum atomic E-state index is -0.288. The van der Waals surface area contributed by atoms with Gasteiger partial charge in [-0.15, -0.1) is 11.3 Å². The zero-order chi connectivity index (χ0) is 20.4. The maximum Gasteiger partial charge on any atom is 0.310 e. The van der Waals surface area contributed by atoms with Gasteiger partial charge in [0, 0.05) is 35.9 Å². The van der Waals surface area contributed by atoms with Crippen LogP contribution in [0.4, 0.5) is 4.39 Å². The summed E-state index contributed by atoms with van der Waals surface area (Å²) in [7, 11) is 0. The Balaban J connectivity index is 1.48. The van der Waals surface area contributed by atoms with E-state index in [1.807, 2.05) is 16.0 Å². The predicted octanol–water partition coefficient (Wildman–Crippen LogP) is 3.55. The van der Waals surface area contributed by atoms with Gasteiger partial charge in [-0.05, 0) is 44.0 Å². The number of benzene rings is 1. The highest BCUT2D eigenvalue weighted by Crippen LogP contribution is 2.25. The van der Waals surface area contributed by atoms with Crippen LogP contribution < -0.4 is 0 Å². The van der Waals surface area contributed by atoms with Crippen molar-refractivity contribution in [2.45, 2.75) is 26.2 Å². The lowest BCUT2D eigenvalue weighted by Gasteiger charge is -2.31. The van der Waals surface area contributed by atoms with Gasteiger partial charge in [0.25, 0.3) is 0 Å². The molecule has 1 fully saturated rings. The molecule has 0 aliphatic carbocycles. The first-order valence-electron chi connectivity index (χ1n) is 9.71.